The average Bonchev–Trinajstić information content (AvgIpc) is 3.29. The van der Waals surface area contributed by atoms with Crippen molar-refractivity contribution in [1.29, 1.82) is 0 Å². The van der Waals surface area contributed by atoms with Crippen LogP contribution in [0.4, 0.5) is 0 Å². The number of amides is 1. The van der Waals surface area contributed by atoms with Gasteiger partial charge in [0.05, 0.1) is 32.0 Å². The van der Waals surface area contributed by atoms with Gasteiger partial charge in [0.25, 0.3) is 0 Å². The van der Waals surface area contributed by atoms with Crippen molar-refractivity contribution in [2.45, 2.75) is 293 Å². The lowest BCUT2D eigenvalue weighted by atomic mass is 9.97. The van der Waals surface area contributed by atoms with E-state index in [2.05, 4.69) is 19.2 Å². The number of ether oxygens (including phenoxy) is 4. The fraction of sp³-hybridized carbons (Fsp3) is 0.980. The minimum Gasteiger partial charge on any atom is -0.394 e. The number of carbonyl (C=O) groups is 1. The minimum atomic E-state index is -1.78. The Kier molecular flexibility index (Phi) is 35.0. The van der Waals surface area contributed by atoms with E-state index in [1.807, 2.05) is 0 Å². The second kappa shape index (κ2) is 37.9. The third kappa shape index (κ3) is 24.8. The van der Waals surface area contributed by atoms with Gasteiger partial charge in [0.2, 0.25) is 5.91 Å². The van der Waals surface area contributed by atoms with Crippen molar-refractivity contribution in [3.05, 3.63) is 0 Å². The Hall–Kier alpha value is -1.01. The van der Waals surface area contributed by atoms with Gasteiger partial charge in [0.15, 0.2) is 12.6 Å². The largest absolute Gasteiger partial charge is 0.394 e. The number of carbonyl (C=O) groups excluding carboxylic acids is 1. The first-order chi connectivity index (χ1) is 31.1. The molecule has 14 nitrogen and oxygen atoms in total. The zero-order valence-electron chi connectivity index (χ0n) is 40.3. The molecule has 12 atom stereocenters. The molecule has 2 aliphatic heterocycles. The molecule has 9 N–H and O–H groups in total. The average molecular weight is 920 g/mol. The number of nitrogens with one attached hydrogen (secondary N) is 1. The van der Waals surface area contributed by atoms with Crippen molar-refractivity contribution in [1.82, 2.24) is 5.32 Å². The van der Waals surface area contributed by atoms with Crippen LogP contribution < -0.4 is 5.32 Å². The van der Waals surface area contributed by atoms with E-state index in [9.17, 15) is 45.6 Å². The van der Waals surface area contributed by atoms with E-state index >= 15 is 0 Å². The van der Waals surface area contributed by atoms with Crippen molar-refractivity contribution in [2.24, 2.45) is 0 Å². The van der Waals surface area contributed by atoms with Crippen LogP contribution in [0.1, 0.15) is 219 Å². The molecule has 0 bridgehead atoms. The third-order valence-corrected chi connectivity index (χ3v) is 13.3. The fourth-order valence-electron chi connectivity index (χ4n) is 9.00. The molecular weight excluding hydrogens is 823 g/mol. The second-order valence-corrected chi connectivity index (χ2v) is 19.0. The third-order valence-electron chi connectivity index (χ3n) is 13.3. The maximum Gasteiger partial charge on any atom is 0.220 e. The minimum absolute atomic E-state index is 0.203. The van der Waals surface area contributed by atoms with E-state index in [1.165, 1.54) is 141 Å². The molecule has 2 fully saturated rings. The van der Waals surface area contributed by atoms with Crippen LogP contribution in [-0.2, 0) is 23.7 Å². The van der Waals surface area contributed by atoms with Crippen LogP contribution in [0.5, 0.6) is 0 Å². The highest BCUT2D eigenvalue weighted by molar-refractivity contribution is 5.76. The van der Waals surface area contributed by atoms with Gasteiger partial charge in [-0.05, 0) is 12.8 Å². The Balaban J connectivity index is 1.81. The Labute approximate surface area is 387 Å². The lowest BCUT2D eigenvalue weighted by Crippen LogP contribution is -2.65. The molecular formula is C50H97NO13. The first-order valence-electron chi connectivity index (χ1n) is 26.3. The van der Waals surface area contributed by atoms with Crippen molar-refractivity contribution in [3.63, 3.8) is 0 Å². The summed E-state index contributed by atoms with van der Waals surface area (Å²) < 4.78 is 22.8. The van der Waals surface area contributed by atoms with E-state index in [0.717, 1.165) is 51.4 Å². The Morgan fingerprint density at radius 2 is 0.891 bits per heavy atom. The molecule has 14 heteroatoms. The maximum absolute atomic E-state index is 13.2. The lowest BCUT2D eigenvalue weighted by Gasteiger charge is -2.46. The highest BCUT2D eigenvalue weighted by Gasteiger charge is 2.51. The zero-order chi connectivity index (χ0) is 46.8. The quantitative estimate of drug-likeness (QED) is 0.0282. The van der Waals surface area contributed by atoms with Crippen molar-refractivity contribution >= 4 is 5.91 Å². The molecule has 2 heterocycles. The molecule has 1 amide bonds. The summed E-state index contributed by atoms with van der Waals surface area (Å²) in [5, 5.41) is 86.9. The Morgan fingerprint density at radius 1 is 0.500 bits per heavy atom. The Morgan fingerprint density at radius 3 is 1.33 bits per heavy atom. The SMILES string of the molecule is CCCCCCCCCCCCCCCCCCCC(=O)NC(COC1OC(CO)C(OC2OC(CO)C(O)C(O)C2O)C(O)C1O)C(O)CCCCCCCCCCCCCCC. The number of rotatable bonds is 41. The van der Waals surface area contributed by atoms with Gasteiger partial charge in [0.1, 0.15) is 48.8 Å². The first kappa shape index (κ1) is 59.1. The summed E-state index contributed by atoms with van der Waals surface area (Å²) in [5.41, 5.74) is 0. The summed E-state index contributed by atoms with van der Waals surface area (Å²) in [6.45, 7) is 2.86. The molecule has 0 aromatic rings. The lowest BCUT2D eigenvalue weighted by molar-refractivity contribution is -0.359. The monoisotopic (exact) mass is 920 g/mol. The van der Waals surface area contributed by atoms with Gasteiger partial charge in [-0.3, -0.25) is 4.79 Å². The summed E-state index contributed by atoms with van der Waals surface area (Å²) in [4.78, 5) is 13.2. The zero-order valence-corrected chi connectivity index (χ0v) is 40.3. The van der Waals surface area contributed by atoms with Gasteiger partial charge < -0.3 is 65.1 Å². The van der Waals surface area contributed by atoms with Gasteiger partial charge in [-0.1, -0.05) is 200 Å². The van der Waals surface area contributed by atoms with Gasteiger partial charge in [-0.2, -0.15) is 0 Å². The maximum atomic E-state index is 13.2. The molecule has 2 aliphatic rings. The molecule has 12 unspecified atom stereocenters. The first-order valence-corrected chi connectivity index (χ1v) is 26.3. The van der Waals surface area contributed by atoms with Crippen molar-refractivity contribution in [3.8, 4) is 0 Å². The normalized spacial score (nSPS) is 27.2. The standard InChI is InChI=1S/C50H97NO13/c1-3-5-7-9-11-13-15-17-18-19-20-22-24-26-28-30-32-34-42(55)51-38(39(54)33-31-29-27-25-23-21-16-14-12-10-8-6-4-2)37-61-49-47(60)45(58)48(41(36-53)63-49)64-50-46(59)44(57)43(56)40(35-52)62-50/h38-41,43-50,52-54,56-60H,3-37H2,1-2H3,(H,51,55). The highest BCUT2D eigenvalue weighted by atomic mass is 16.7. The van der Waals surface area contributed by atoms with Crippen molar-refractivity contribution in [2.75, 3.05) is 19.8 Å². The molecule has 0 spiro atoms. The molecule has 2 rings (SSSR count). The molecule has 0 radical (unpaired) electrons. The predicted octanol–water partition coefficient (Wildman–Crippen LogP) is 7.00. The molecule has 0 aromatic carbocycles. The number of aliphatic hydroxyl groups excluding tert-OH is 8. The topological polar surface area (TPSA) is 228 Å². The molecule has 0 aliphatic carbocycles. The van der Waals surface area contributed by atoms with E-state index in [0.29, 0.717) is 12.8 Å². The summed E-state index contributed by atoms with van der Waals surface area (Å²) in [5.74, 6) is -0.203. The van der Waals surface area contributed by atoms with Gasteiger partial charge in [-0.25, -0.2) is 0 Å². The summed E-state index contributed by atoms with van der Waals surface area (Å²) in [7, 11) is 0. The van der Waals surface area contributed by atoms with E-state index in [1.54, 1.807) is 0 Å². The molecule has 380 valence electrons. The van der Waals surface area contributed by atoms with Gasteiger partial charge in [-0.15, -0.1) is 0 Å². The predicted molar refractivity (Wildman–Crippen MR) is 249 cm³/mol. The van der Waals surface area contributed by atoms with Crippen LogP contribution in [0.2, 0.25) is 0 Å². The number of hydrogen-bond acceptors (Lipinski definition) is 13. The van der Waals surface area contributed by atoms with E-state index in [4.69, 9.17) is 18.9 Å². The number of unbranched alkanes of at least 4 members (excludes halogenated alkanes) is 28. The van der Waals surface area contributed by atoms with Crippen LogP contribution in [0.15, 0.2) is 0 Å². The van der Waals surface area contributed by atoms with Gasteiger partial charge in [0, 0.05) is 6.42 Å². The molecule has 2 saturated heterocycles. The van der Waals surface area contributed by atoms with Crippen LogP contribution in [-0.4, -0.2) is 140 Å². The highest BCUT2D eigenvalue weighted by Crippen LogP contribution is 2.30. The summed E-state index contributed by atoms with van der Waals surface area (Å²) >= 11 is 0. The van der Waals surface area contributed by atoms with Crippen LogP contribution in [0.25, 0.3) is 0 Å². The fourth-order valence-corrected chi connectivity index (χ4v) is 9.00. The van der Waals surface area contributed by atoms with E-state index in [-0.39, 0.29) is 12.5 Å². The van der Waals surface area contributed by atoms with Crippen LogP contribution in [0.3, 0.4) is 0 Å². The summed E-state index contributed by atoms with van der Waals surface area (Å²) in [6.07, 6.45) is 21.0. The number of hydrogen-bond donors (Lipinski definition) is 9. The van der Waals surface area contributed by atoms with Crippen molar-refractivity contribution < 1.29 is 64.6 Å². The van der Waals surface area contributed by atoms with Gasteiger partial charge >= 0.3 is 0 Å². The molecule has 0 saturated carbocycles. The second-order valence-electron chi connectivity index (χ2n) is 19.0. The van der Waals surface area contributed by atoms with Crippen LogP contribution in [0, 0.1) is 0 Å². The summed E-state index contributed by atoms with van der Waals surface area (Å²) in [6, 6.07) is -0.820. The smallest absolute Gasteiger partial charge is 0.220 e. The van der Waals surface area contributed by atoms with E-state index < -0.39 is 86.8 Å². The number of aliphatic hydroxyl groups is 8. The molecule has 64 heavy (non-hydrogen) atoms. The molecule has 0 aromatic heterocycles. The Bertz CT molecular complexity index is 1090. The van der Waals surface area contributed by atoms with Crippen LogP contribution >= 0.6 is 0 Å².